The van der Waals surface area contributed by atoms with Crippen LogP contribution in [0.1, 0.15) is 46.0 Å². The molecule has 0 aromatic carbocycles. The van der Waals surface area contributed by atoms with E-state index in [0.29, 0.717) is 6.42 Å². The summed E-state index contributed by atoms with van der Waals surface area (Å²) in [4.78, 5) is 24.7. The molecule has 1 saturated heterocycles. The summed E-state index contributed by atoms with van der Waals surface area (Å²) in [6.45, 7) is 5.00. The second-order valence-electron chi connectivity index (χ2n) is 5.23. The van der Waals surface area contributed by atoms with Gasteiger partial charge in [0.1, 0.15) is 0 Å². The van der Waals surface area contributed by atoms with Crippen molar-refractivity contribution in [3.63, 3.8) is 0 Å². The first-order valence-corrected chi connectivity index (χ1v) is 6.79. The van der Waals surface area contributed by atoms with Crippen LogP contribution in [0.3, 0.4) is 0 Å². The van der Waals surface area contributed by atoms with Gasteiger partial charge in [-0.05, 0) is 32.6 Å². The maximum absolute atomic E-state index is 11.9. The Bertz CT molecular complexity index is 284. The molecule has 5 nitrogen and oxygen atoms in total. The number of nitrogens with zero attached hydrogens (tertiary/aromatic N) is 1. The van der Waals surface area contributed by atoms with Crippen molar-refractivity contribution in [3.05, 3.63) is 0 Å². The Kier molecular flexibility index (Phi) is 6.12. The minimum absolute atomic E-state index is 0.0108. The Balaban J connectivity index is 2.21. The fourth-order valence-corrected chi connectivity index (χ4v) is 2.29. The molecule has 0 bridgehead atoms. The Morgan fingerprint density at radius 2 is 2.00 bits per heavy atom. The van der Waals surface area contributed by atoms with Crippen molar-refractivity contribution in [2.75, 3.05) is 13.1 Å². The van der Waals surface area contributed by atoms with Crippen LogP contribution in [0, 0.1) is 0 Å². The normalized spacial score (nSPS) is 18.5. The average molecular weight is 255 g/mol. The summed E-state index contributed by atoms with van der Waals surface area (Å²) in [7, 11) is 0. The van der Waals surface area contributed by atoms with Crippen LogP contribution in [-0.2, 0) is 9.59 Å². The minimum atomic E-state index is 0.0108. The topological polar surface area (TPSA) is 75.4 Å². The highest BCUT2D eigenvalue weighted by Gasteiger charge is 2.22. The van der Waals surface area contributed by atoms with Gasteiger partial charge in [0.15, 0.2) is 0 Å². The van der Waals surface area contributed by atoms with Gasteiger partial charge < -0.3 is 16.0 Å². The van der Waals surface area contributed by atoms with E-state index in [1.54, 1.807) is 0 Å². The summed E-state index contributed by atoms with van der Waals surface area (Å²) in [5.41, 5.74) is 5.66. The predicted molar refractivity (Wildman–Crippen MR) is 70.9 cm³/mol. The summed E-state index contributed by atoms with van der Waals surface area (Å²) in [5.74, 6) is 0.230. The van der Waals surface area contributed by atoms with Crippen LogP contribution < -0.4 is 11.1 Å². The van der Waals surface area contributed by atoms with Gasteiger partial charge in [0, 0.05) is 38.5 Å². The molecule has 1 aliphatic rings. The Hall–Kier alpha value is -1.10. The molecule has 1 aliphatic heterocycles. The van der Waals surface area contributed by atoms with Crippen LogP contribution in [0.2, 0.25) is 0 Å². The van der Waals surface area contributed by atoms with Crippen molar-refractivity contribution in [1.82, 2.24) is 10.2 Å². The maximum Gasteiger partial charge on any atom is 0.222 e. The molecule has 0 aromatic heterocycles. The Labute approximate surface area is 109 Å². The first kappa shape index (κ1) is 15.0. The van der Waals surface area contributed by atoms with Crippen molar-refractivity contribution in [3.8, 4) is 0 Å². The molecular weight excluding hydrogens is 230 g/mol. The van der Waals surface area contributed by atoms with E-state index in [-0.39, 0.29) is 23.9 Å². The van der Waals surface area contributed by atoms with Crippen LogP contribution in [-0.4, -0.2) is 41.9 Å². The highest BCUT2D eigenvalue weighted by atomic mass is 16.2. The first-order chi connectivity index (χ1) is 8.49. The van der Waals surface area contributed by atoms with Gasteiger partial charge in [-0.2, -0.15) is 0 Å². The lowest BCUT2D eigenvalue weighted by Gasteiger charge is -2.32. The molecule has 1 unspecified atom stereocenters. The fraction of sp³-hybridized carbons (Fsp3) is 0.846. The van der Waals surface area contributed by atoms with Gasteiger partial charge in [-0.3, -0.25) is 9.59 Å². The lowest BCUT2D eigenvalue weighted by Crippen LogP contribution is -2.46. The molecule has 5 heteroatoms. The van der Waals surface area contributed by atoms with Gasteiger partial charge in [0.25, 0.3) is 0 Å². The zero-order valence-electron chi connectivity index (χ0n) is 11.4. The second-order valence-corrected chi connectivity index (χ2v) is 5.23. The number of rotatable bonds is 5. The minimum Gasteiger partial charge on any atom is -0.353 e. The van der Waals surface area contributed by atoms with Crippen molar-refractivity contribution in [2.45, 2.75) is 58.0 Å². The molecular formula is C13H25N3O2. The third-order valence-corrected chi connectivity index (χ3v) is 3.31. The number of nitrogens with one attached hydrogen (secondary N) is 1. The molecule has 0 radical (unpaired) electrons. The van der Waals surface area contributed by atoms with Gasteiger partial charge in [0.05, 0.1) is 0 Å². The third-order valence-electron chi connectivity index (χ3n) is 3.31. The highest BCUT2D eigenvalue weighted by Crippen LogP contribution is 2.12. The van der Waals surface area contributed by atoms with Crippen LogP contribution >= 0.6 is 0 Å². The molecule has 0 aromatic rings. The van der Waals surface area contributed by atoms with E-state index in [4.69, 9.17) is 5.73 Å². The van der Waals surface area contributed by atoms with Crippen molar-refractivity contribution in [1.29, 1.82) is 0 Å². The number of hydrogen-bond acceptors (Lipinski definition) is 3. The van der Waals surface area contributed by atoms with E-state index in [2.05, 4.69) is 5.32 Å². The summed E-state index contributed by atoms with van der Waals surface area (Å²) in [5, 5.41) is 2.91. The van der Waals surface area contributed by atoms with Crippen molar-refractivity contribution >= 4 is 11.8 Å². The maximum atomic E-state index is 11.9. The lowest BCUT2D eigenvalue weighted by atomic mass is 10.0. The Morgan fingerprint density at radius 3 is 2.50 bits per heavy atom. The van der Waals surface area contributed by atoms with E-state index in [1.165, 1.54) is 6.92 Å². The molecule has 0 aliphatic carbocycles. The first-order valence-electron chi connectivity index (χ1n) is 6.79. The predicted octanol–water partition coefficient (Wildman–Crippen LogP) is 0.631. The van der Waals surface area contributed by atoms with Crippen LogP contribution in [0.25, 0.3) is 0 Å². The number of carbonyl (C=O) groups excluding carboxylic acids is 2. The molecule has 0 saturated carbocycles. The molecule has 104 valence electrons. The molecule has 3 N–H and O–H groups in total. The van der Waals surface area contributed by atoms with Gasteiger partial charge in [-0.15, -0.1) is 0 Å². The Morgan fingerprint density at radius 1 is 1.39 bits per heavy atom. The number of nitrogens with two attached hydrogens (primary N) is 1. The van der Waals surface area contributed by atoms with Gasteiger partial charge in [-0.1, -0.05) is 0 Å². The average Bonchev–Trinajstić information content (AvgIpc) is 2.28. The van der Waals surface area contributed by atoms with E-state index >= 15 is 0 Å². The lowest BCUT2D eigenvalue weighted by molar-refractivity contribution is -0.132. The largest absolute Gasteiger partial charge is 0.353 e. The van der Waals surface area contributed by atoms with Gasteiger partial charge >= 0.3 is 0 Å². The number of piperidine rings is 1. The summed E-state index contributed by atoms with van der Waals surface area (Å²) < 4.78 is 0. The van der Waals surface area contributed by atoms with Gasteiger partial charge in [0.2, 0.25) is 11.8 Å². The molecule has 2 amide bonds. The zero-order valence-corrected chi connectivity index (χ0v) is 11.4. The fourth-order valence-electron chi connectivity index (χ4n) is 2.29. The van der Waals surface area contributed by atoms with E-state index in [0.717, 1.165) is 38.8 Å². The SMILES string of the molecule is CC(=O)NC1CCN(C(=O)CCCC(C)N)CC1. The molecule has 1 fully saturated rings. The third kappa shape index (κ3) is 5.49. The monoisotopic (exact) mass is 255 g/mol. The molecule has 0 spiro atoms. The second kappa shape index (κ2) is 7.36. The number of carbonyl (C=O) groups is 2. The molecule has 1 heterocycles. The smallest absolute Gasteiger partial charge is 0.222 e. The van der Waals surface area contributed by atoms with Gasteiger partial charge in [-0.25, -0.2) is 0 Å². The van der Waals surface area contributed by atoms with Crippen LogP contribution in [0.5, 0.6) is 0 Å². The summed E-state index contributed by atoms with van der Waals surface area (Å²) in [6, 6.07) is 0.402. The van der Waals surface area contributed by atoms with E-state index < -0.39 is 0 Å². The number of amides is 2. The van der Waals surface area contributed by atoms with Crippen molar-refractivity contribution < 1.29 is 9.59 Å². The van der Waals surface area contributed by atoms with Crippen molar-refractivity contribution in [2.24, 2.45) is 5.73 Å². The summed E-state index contributed by atoms with van der Waals surface area (Å²) >= 11 is 0. The number of hydrogen-bond donors (Lipinski definition) is 2. The van der Waals surface area contributed by atoms with Crippen LogP contribution in [0.15, 0.2) is 0 Å². The quantitative estimate of drug-likeness (QED) is 0.756. The molecule has 1 rings (SSSR count). The van der Waals surface area contributed by atoms with E-state index in [9.17, 15) is 9.59 Å². The molecule has 18 heavy (non-hydrogen) atoms. The standard InChI is InChI=1S/C13H25N3O2/c1-10(14)4-3-5-13(18)16-8-6-12(7-9-16)15-11(2)17/h10,12H,3-9,14H2,1-2H3,(H,15,17). The van der Waals surface area contributed by atoms with E-state index in [1.807, 2.05) is 11.8 Å². The number of likely N-dealkylation sites (tertiary alicyclic amines) is 1. The summed E-state index contributed by atoms with van der Waals surface area (Å²) in [6.07, 6.45) is 4.07. The van der Waals surface area contributed by atoms with Crippen LogP contribution in [0.4, 0.5) is 0 Å². The zero-order chi connectivity index (χ0) is 13.5. The molecule has 1 atom stereocenters. The highest BCUT2D eigenvalue weighted by molar-refractivity contribution is 5.76.